The highest BCUT2D eigenvalue weighted by Crippen LogP contribution is 2.26. The number of halogens is 1. The first-order valence-corrected chi connectivity index (χ1v) is 11.7. The third-order valence-corrected chi connectivity index (χ3v) is 5.58. The molecule has 5 N–H and O–H groups in total. The van der Waals surface area contributed by atoms with Gasteiger partial charge in [-0.05, 0) is 36.4 Å². The van der Waals surface area contributed by atoms with E-state index < -0.39 is 11.8 Å². The minimum atomic E-state index is -0.495. The second-order valence-electron chi connectivity index (χ2n) is 8.00. The van der Waals surface area contributed by atoms with Crippen LogP contribution >= 0.6 is 11.6 Å². The number of nitrogens with one attached hydrogen (secondary N) is 3. The van der Waals surface area contributed by atoms with Crippen molar-refractivity contribution in [1.82, 2.24) is 25.4 Å². The van der Waals surface area contributed by atoms with Gasteiger partial charge in [-0.15, -0.1) is 0 Å². The lowest BCUT2D eigenvalue weighted by Crippen LogP contribution is -2.33. The van der Waals surface area contributed by atoms with Crippen molar-refractivity contribution >= 4 is 41.0 Å². The summed E-state index contributed by atoms with van der Waals surface area (Å²) >= 11 is 6.36. The summed E-state index contributed by atoms with van der Waals surface area (Å²) in [6.07, 6.45) is 0. The third kappa shape index (κ3) is 6.30. The highest BCUT2D eigenvalue weighted by Gasteiger charge is 2.19. The topological polar surface area (TPSA) is 144 Å². The molecule has 0 unspecified atom stereocenters. The summed E-state index contributed by atoms with van der Waals surface area (Å²) in [6.45, 7) is 1.89. The molecule has 10 nitrogen and oxygen atoms in total. The van der Waals surface area contributed by atoms with Gasteiger partial charge in [0.15, 0.2) is 5.69 Å². The fraction of sp³-hybridized carbons (Fsp3) is 0.115. The Hall–Kier alpha value is -4.70. The Balaban J connectivity index is 1.61. The monoisotopic (exact) mass is 517 g/mol. The number of carbonyl (C=O) groups excluding carboxylic acids is 3. The van der Waals surface area contributed by atoms with Gasteiger partial charge in [-0.25, -0.2) is 9.67 Å². The third-order valence-electron chi connectivity index (χ3n) is 5.25. The van der Waals surface area contributed by atoms with Crippen molar-refractivity contribution in [2.24, 2.45) is 0 Å². The van der Waals surface area contributed by atoms with Crippen molar-refractivity contribution < 1.29 is 14.4 Å². The van der Waals surface area contributed by atoms with Crippen LogP contribution in [0.3, 0.4) is 0 Å². The molecule has 0 atom stereocenters. The Labute approximate surface area is 217 Å². The zero-order chi connectivity index (χ0) is 26.4. The van der Waals surface area contributed by atoms with E-state index in [0.717, 1.165) is 0 Å². The van der Waals surface area contributed by atoms with E-state index in [2.05, 4.69) is 26.0 Å². The summed E-state index contributed by atoms with van der Waals surface area (Å²) in [5.41, 5.74) is 8.00. The van der Waals surface area contributed by atoms with Gasteiger partial charge in [0.1, 0.15) is 11.6 Å². The molecule has 11 heteroatoms. The van der Waals surface area contributed by atoms with Crippen LogP contribution in [0.25, 0.3) is 16.9 Å². The second kappa shape index (κ2) is 11.4. The molecule has 2 aromatic carbocycles. The average molecular weight is 518 g/mol. The molecule has 37 heavy (non-hydrogen) atoms. The summed E-state index contributed by atoms with van der Waals surface area (Å²) in [4.78, 5) is 41.3. The number of nitrogen functional groups attached to an aromatic ring is 1. The molecule has 0 saturated heterocycles. The number of para-hydroxylation sites is 1. The number of hydrogen-bond donors (Lipinski definition) is 4. The maximum Gasteiger partial charge on any atom is 0.271 e. The first-order valence-electron chi connectivity index (χ1n) is 11.3. The summed E-state index contributed by atoms with van der Waals surface area (Å²) in [5.74, 6) is -0.518. The van der Waals surface area contributed by atoms with E-state index in [4.69, 9.17) is 17.3 Å². The molecule has 0 bridgehead atoms. The summed E-state index contributed by atoms with van der Waals surface area (Å²) in [6, 6.07) is 20.7. The van der Waals surface area contributed by atoms with Gasteiger partial charge in [-0.1, -0.05) is 41.9 Å². The van der Waals surface area contributed by atoms with Crippen LogP contribution in [0.2, 0.25) is 5.02 Å². The highest BCUT2D eigenvalue weighted by atomic mass is 35.5. The number of pyridine rings is 1. The van der Waals surface area contributed by atoms with E-state index in [1.54, 1.807) is 48.5 Å². The van der Waals surface area contributed by atoms with Gasteiger partial charge in [-0.2, -0.15) is 5.10 Å². The first kappa shape index (κ1) is 25.4. The molecule has 0 aliphatic rings. The molecule has 0 spiro atoms. The molecule has 0 aliphatic heterocycles. The minimum Gasteiger partial charge on any atom is -0.384 e. The zero-order valence-corrected chi connectivity index (χ0v) is 20.6. The molecule has 188 valence electrons. The number of rotatable bonds is 8. The first-order chi connectivity index (χ1) is 17.8. The fourth-order valence-electron chi connectivity index (χ4n) is 3.51. The number of benzene rings is 2. The highest BCUT2D eigenvalue weighted by molar-refractivity contribution is 6.34. The van der Waals surface area contributed by atoms with E-state index in [9.17, 15) is 14.4 Å². The van der Waals surface area contributed by atoms with Crippen molar-refractivity contribution in [2.75, 3.05) is 24.1 Å². The largest absolute Gasteiger partial charge is 0.384 e. The fourth-order valence-corrected chi connectivity index (χ4v) is 3.71. The SMILES string of the molecule is CC(=O)NCCNC(=O)c1cc(NC(=O)c2cc(-c3cccc(N)n3)ccc2Cl)n(-c2ccccc2)n1. The number of aromatic nitrogens is 3. The maximum atomic E-state index is 13.3. The number of nitrogens with two attached hydrogens (primary N) is 1. The molecule has 0 fully saturated rings. The Kier molecular flexibility index (Phi) is 7.80. The minimum absolute atomic E-state index is 0.0887. The van der Waals surface area contributed by atoms with Gasteiger partial charge in [0, 0.05) is 31.6 Å². The summed E-state index contributed by atoms with van der Waals surface area (Å²) in [5, 5.41) is 12.7. The Bertz CT molecular complexity index is 1450. The van der Waals surface area contributed by atoms with Gasteiger partial charge < -0.3 is 21.7 Å². The molecular weight excluding hydrogens is 494 g/mol. The van der Waals surface area contributed by atoms with Gasteiger partial charge in [0.25, 0.3) is 11.8 Å². The van der Waals surface area contributed by atoms with Gasteiger partial charge in [0.05, 0.1) is 22.0 Å². The summed E-state index contributed by atoms with van der Waals surface area (Å²) < 4.78 is 1.46. The van der Waals surface area contributed by atoms with Crippen LogP contribution in [0.1, 0.15) is 27.8 Å². The number of nitrogens with zero attached hydrogens (tertiary/aromatic N) is 3. The van der Waals surface area contributed by atoms with Crippen LogP contribution in [-0.4, -0.2) is 45.6 Å². The van der Waals surface area contributed by atoms with E-state index in [1.165, 1.54) is 17.7 Å². The number of carbonyl (C=O) groups is 3. The van der Waals surface area contributed by atoms with Crippen molar-refractivity contribution in [3.05, 3.63) is 89.1 Å². The predicted molar refractivity (Wildman–Crippen MR) is 142 cm³/mol. The second-order valence-corrected chi connectivity index (χ2v) is 8.40. The van der Waals surface area contributed by atoms with Crippen molar-refractivity contribution in [3.8, 4) is 16.9 Å². The van der Waals surface area contributed by atoms with Crippen LogP contribution in [0, 0.1) is 0 Å². The van der Waals surface area contributed by atoms with E-state index >= 15 is 0 Å². The predicted octanol–water partition coefficient (Wildman–Crippen LogP) is 3.29. The van der Waals surface area contributed by atoms with Crippen molar-refractivity contribution in [1.29, 1.82) is 0 Å². The number of anilines is 2. The molecule has 4 aromatic rings. The molecule has 3 amide bonds. The quantitative estimate of drug-likeness (QED) is 0.264. The lowest BCUT2D eigenvalue weighted by Gasteiger charge is -2.11. The molecule has 0 aliphatic carbocycles. The van der Waals surface area contributed by atoms with E-state index in [0.29, 0.717) is 22.8 Å². The van der Waals surface area contributed by atoms with E-state index in [-0.39, 0.29) is 41.1 Å². The van der Waals surface area contributed by atoms with Crippen molar-refractivity contribution in [3.63, 3.8) is 0 Å². The standard InChI is InChI=1S/C26H24ClN7O3/c1-16(35)29-12-13-30-26(37)22-15-24(34(33-22)18-6-3-2-4-7-18)32-25(36)19-14-17(10-11-20(19)27)21-8-5-9-23(28)31-21/h2-11,14-15H,12-13H2,1H3,(H2,28,31)(H,29,35)(H,30,37)(H,32,36). The Morgan fingerprint density at radius 3 is 2.41 bits per heavy atom. The number of hydrogen-bond acceptors (Lipinski definition) is 6. The molecule has 0 radical (unpaired) electrons. The van der Waals surface area contributed by atoms with Gasteiger partial charge in [0.2, 0.25) is 5.91 Å². The Morgan fingerprint density at radius 2 is 1.68 bits per heavy atom. The summed E-state index contributed by atoms with van der Waals surface area (Å²) in [7, 11) is 0. The van der Waals surface area contributed by atoms with E-state index in [1.807, 2.05) is 18.2 Å². The molecule has 2 heterocycles. The molecular formula is C26H24ClN7O3. The Morgan fingerprint density at radius 1 is 0.919 bits per heavy atom. The van der Waals surface area contributed by atoms with Crippen LogP contribution in [-0.2, 0) is 4.79 Å². The van der Waals surface area contributed by atoms with Crippen LogP contribution in [0.15, 0.2) is 72.8 Å². The normalized spacial score (nSPS) is 10.5. The lowest BCUT2D eigenvalue weighted by atomic mass is 10.1. The lowest BCUT2D eigenvalue weighted by molar-refractivity contribution is -0.118. The number of amides is 3. The zero-order valence-electron chi connectivity index (χ0n) is 19.9. The van der Waals surface area contributed by atoms with Gasteiger partial charge in [-0.3, -0.25) is 14.4 Å². The maximum absolute atomic E-state index is 13.3. The molecule has 0 saturated carbocycles. The molecule has 4 rings (SSSR count). The van der Waals surface area contributed by atoms with Gasteiger partial charge >= 0.3 is 0 Å². The van der Waals surface area contributed by atoms with Crippen LogP contribution in [0.5, 0.6) is 0 Å². The molecule has 2 aromatic heterocycles. The smallest absolute Gasteiger partial charge is 0.271 e. The average Bonchev–Trinajstić information content (AvgIpc) is 3.31. The van der Waals surface area contributed by atoms with Crippen LogP contribution < -0.4 is 21.7 Å². The van der Waals surface area contributed by atoms with Crippen LogP contribution in [0.4, 0.5) is 11.6 Å². The van der Waals surface area contributed by atoms with Crippen molar-refractivity contribution in [2.45, 2.75) is 6.92 Å².